The van der Waals surface area contributed by atoms with E-state index in [0.29, 0.717) is 30.6 Å². The van der Waals surface area contributed by atoms with Crippen LogP contribution in [0.4, 0.5) is 4.79 Å². The molecule has 1 aromatic heterocycles. The molecule has 0 saturated carbocycles. The van der Waals surface area contributed by atoms with Crippen LogP contribution in [-0.2, 0) is 16.4 Å². The number of amides is 1. The molecule has 0 aliphatic carbocycles. The molecule has 1 amide bonds. The lowest BCUT2D eigenvalue weighted by Gasteiger charge is -2.30. The lowest BCUT2D eigenvalue weighted by atomic mass is 10.0. The first-order valence-corrected chi connectivity index (χ1v) is 10.7. The molecular weight excluding hydrogens is 366 g/mol. The van der Waals surface area contributed by atoms with Crippen molar-refractivity contribution in [3.63, 3.8) is 0 Å². The number of aromatic nitrogens is 1. The van der Waals surface area contributed by atoms with Gasteiger partial charge in [-0.3, -0.25) is 4.98 Å². The number of carbonyl (C=O) groups is 1. The molecule has 1 aliphatic rings. The zero-order valence-corrected chi connectivity index (χ0v) is 15.9. The minimum Gasteiger partial charge on any atom is -0.465 e. The molecule has 0 bridgehead atoms. The van der Waals surface area contributed by atoms with Gasteiger partial charge in [0.15, 0.2) is 9.84 Å². The highest BCUT2D eigenvalue weighted by Crippen LogP contribution is 2.20. The zero-order chi connectivity index (χ0) is 19.4. The van der Waals surface area contributed by atoms with Crippen LogP contribution in [0, 0.1) is 0 Å². The van der Waals surface area contributed by atoms with Gasteiger partial charge in [0.25, 0.3) is 0 Å². The lowest BCUT2D eigenvalue weighted by Crippen LogP contribution is -2.44. The molecular formula is C19H23N3O4S. The number of hydrogen-bond acceptors (Lipinski definition) is 5. The van der Waals surface area contributed by atoms with Crippen molar-refractivity contribution < 1.29 is 18.3 Å². The number of pyridine rings is 1. The Balaban J connectivity index is 1.55. The number of likely N-dealkylation sites (tertiary alicyclic amines) is 1. The highest BCUT2D eigenvalue weighted by molar-refractivity contribution is 7.90. The second-order valence-corrected chi connectivity index (χ2v) is 8.79. The van der Waals surface area contributed by atoms with Crippen LogP contribution in [0.25, 0.3) is 11.3 Å². The first-order chi connectivity index (χ1) is 12.8. The average molecular weight is 389 g/mol. The van der Waals surface area contributed by atoms with Crippen molar-refractivity contribution in [2.45, 2.75) is 30.3 Å². The van der Waals surface area contributed by atoms with Crippen LogP contribution in [0.3, 0.4) is 0 Å². The fourth-order valence-electron chi connectivity index (χ4n) is 3.11. The van der Waals surface area contributed by atoms with E-state index in [2.05, 4.69) is 10.3 Å². The number of sulfone groups is 1. The van der Waals surface area contributed by atoms with Crippen molar-refractivity contribution in [2.24, 2.45) is 0 Å². The molecule has 0 spiro atoms. The first-order valence-electron chi connectivity index (χ1n) is 8.79. The highest BCUT2D eigenvalue weighted by atomic mass is 32.2. The molecule has 7 nitrogen and oxygen atoms in total. The molecule has 0 radical (unpaired) electrons. The van der Waals surface area contributed by atoms with Crippen LogP contribution >= 0.6 is 0 Å². The average Bonchev–Trinajstić information content (AvgIpc) is 2.66. The van der Waals surface area contributed by atoms with E-state index in [1.807, 2.05) is 12.1 Å². The minimum absolute atomic E-state index is 0.293. The van der Waals surface area contributed by atoms with Crippen molar-refractivity contribution in [3.8, 4) is 11.3 Å². The second kappa shape index (κ2) is 8.06. The summed E-state index contributed by atoms with van der Waals surface area (Å²) in [6, 6.07) is 10.9. The molecule has 3 rings (SSSR count). The lowest BCUT2D eigenvalue weighted by molar-refractivity contribution is 0.129. The third kappa shape index (κ3) is 5.05. The Hall–Kier alpha value is -2.45. The summed E-state index contributed by atoms with van der Waals surface area (Å²) in [6.07, 6.45) is 3.76. The number of nitrogens with zero attached hydrogens (tertiary/aromatic N) is 2. The largest absolute Gasteiger partial charge is 0.465 e. The van der Waals surface area contributed by atoms with Crippen LogP contribution in [0.5, 0.6) is 0 Å². The zero-order valence-electron chi connectivity index (χ0n) is 15.1. The molecule has 2 heterocycles. The third-order valence-electron chi connectivity index (χ3n) is 4.76. The van der Waals surface area contributed by atoms with Gasteiger partial charge in [-0.15, -0.1) is 0 Å². The third-order valence-corrected chi connectivity index (χ3v) is 5.89. The van der Waals surface area contributed by atoms with Gasteiger partial charge in [-0.1, -0.05) is 18.2 Å². The second-order valence-electron chi connectivity index (χ2n) is 6.77. The van der Waals surface area contributed by atoms with Crippen molar-refractivity contribution in [2.75, 3.05) is 19.3 Å². The van der Waals surface area contributed by atoms with Crippen molar-refractivity contribution in [3.05, 3.63) is 48.2 Å². The number of rotatable bonds is 5. The highest BCUT2D eigenvalue weighted by Gasteiger charge is 2.21. The summed E-state index contributed by atoms with van der Waals surface area (Å²) in [4.78, 5) is 17.1. The number of piperidine rings is 1. The minimum atomic E-state index is -3.20. The smallest absolute Gasteiger partial charge is 0.407 e. The summed E-state index contributed by atoms with van der Waals surface area (Å²) >= 11 is 0. The van der Waals surface area contributed by atoms with Gasteiger partial charge in [0.1, 0.15) is 0 Å². The van der Waals surface area contributed by atoms with Crippen molar-refractivity contribution in [1.29, 1.82) is 0 Å². The molecule has 144 valence electrons. The predicted octanol–water partition coefficient (Wildman–Crippen LogP) is 2.38. The van der Waals surface area contributed by atoms with Gasteiger partial charge in [-0.05, 0) is 36.6 Å². The Morgan fingerprint density at radius 1 is 1.19 bits per heavy atom. The standard InChI is InChI=1S/C19H23N3O4S/c1-27(25,26)17-5-3-15(4-6-17)18-7-2-14(13-21-18)12-20-16-8-10-22(11-9-16)19(23)24/h2-7,13,16,20H,8-12H2,1H3,(H,23,24). The topological polar surface area (TPSA) is 99.6 Å². The van der Waals surface area contributed by atoms with Crippen LogP contribution in [-0.4, -0.2) is 54.9 Å². The van der Waals surface area contributed by atoms with E-state index in [0.717, 1.165) is 29.7 Å². The Labute approximate surface area is 159 Å². The predicted molar refractivity (Wildman–Crippen MR) is 102 cm³/mol. The van der Waals surface area contributed by atoms with Gasteiger partial charge >= 0.3 is 6.09 Å². The van der Waals surface area contributed by atoms with Crippen LogP contribution < -0.4 is 5.32 Å². The summed E-state index contributed by atoms with van der Waals surface area (Å²) in [5.74, 6) is 0. The van der Waals surface area contributed by atoms with Crippen LogP contribution in [0.2, 0.25) is 0 Å². The summed E-state index contributed by atoms with van der Waals surface area (Å²) < 4.78 is 23.0. The summed E-state index contributed by atoms with van der Waals surface area (Å²) in [6.45, 7) is 1.80. The molecule has 1 aromatic carbocycles. The molecule has 1 aliphatic heterocycles. The summed E-state index contributed by atoms with van der Waals surface area (Å²) in [5, 5.41) is 12.4. The van der Waals surface area contributed by atoms with Gasteiger partial charge in [0, 0.05) is 43.7 Å². The van der Waals surface area contributed by atoms with E-state index in [4.69, 9.17) is 5.11 Å². The van der Waals surface area contributed by atoms with E-state index in [1.165, 1.54) is 11.2 Å². The van der Waals surface area contributed by atoms with E-state index in [-0.39, 0.29) is 0 Å². The monoisotopic (exact) mass is 389 g/mol. The molecule has 0 atom stereocenters. The maximum absolute atomic E-state index is 11.5. The Morgan fingerprint density at radius 2 is 1.85 bits per heavy atom. The van der Waals surface area contributed by atoms with Gasteiger partial charge in [0.05, 0.1) is 10.6 Å². The normalized spacial score (nSPS) is 15.7. The van der Waals surface area contributed by atoms with Crippen molar-refractivity contribution in [1.82, 2.24) is 15.2 Å². The van der Waals surface area contributed by atoms with Crippen molar-refractivity contribution >= 4 is 15.9 Å². The van der Waals surface area contributed by atoms with E-state index >= 15 is 0 Å². The first kappa shape index (κ1) is 19.3. The maximum atomic E-state index is 11.5. The van der Waals surface area contributed by atoms with Gasteiger partial charge in [-0.2, -0.15) is 0 Å². The quantitative estimate of drug-likeness (QED) is 0.814. The SMILES string of the molecule is CS(=O)(=O)c1ccc(-c2ccc(CNC3CCN(C(=O)O)CC3)cn2)cc1. The van der Waals surface area contributed by atoms with Gasteiger partial charge < -0.3 is 15.3 Å². The Kier molecular flexibility index (Phi) is 5.76. The molecule has 27 heavy (non-hydrogen) atoms. The Bertz CT molecular complexity index is 888. The van der Waals surface area contributed by atoms with E-state index in [1.54, 1.807) is 30.5 Å². The molecule has 2 aromatic rings. The summed E-state index contributed by atoms with van der Waals surface area (Å²) in [7, 11) is -3.20. The molecule has 8 heteroatoms. The number of hydrogen-bond donors (Lipinski definition) is 2. The number of carboxylic acid groups (broad SMARTS) is 1. The fraction of sp³-hybridized carbons (Fsp3) is 0.368. The molecule has 2 N–H and O–H groups in total. The molecule has 0 unspecified atom stereocenters. The van der Waals surface area contributed by atoms with Crippen LogP contribution in [0.15, 0.2) is 47.5 Å². The van der Waals surface area contributed by atoms with Gasteiger partial charge in [0.2, 0.25) is 0 Å². The molecule has 1 saturated heterocycles. The van der Waals surface area contributed by atoms with Gasteiger partial charge in [-0.25, -0.2) is 13.2 Å². The number of benzene rings is 1. The molecule has 1 fully saturated rings. The maximum Gasteiger partial charge on any atom is 0.407 e. The van der Waals surface area contributed by atoms with Crippen LogP contribution in [0.1, 0.15) is 18.4 Å². The summed E-state index contributed by atoms with van der Waals surface area (Å²) in [5.41, 5.74) is 2.70. The van der Waals surface area contributed by atoms with E-state index in [9.17, 15) is 13.2 Å². The number of nitrogens with one attached hydrogen (secondary N) is 1. The Morgan fingerprint density at radius 3 is 2.37 bits per heavy atom. The van der Waals surface area contributed by atoms with E-state index < -0.39 is 15.9 Å². The fourth-order valence-corrected chi connectivity index (χ4v) is 3.74.